The van der Waals surface area contributed by atoms with Crippen molar-refractivity contribution >= 4 is 12.1 Å². The second-order valence-electron chi connectivity index (χ2n) is 6.98. The van der Waals surface area contributed by atoms with Crippen molar-refractivity contribution in [2.45, 2.75) is 55.1 Å². The fraction of sp³-hybridized carbons (Fsp3) is 0.611. The quantitative estimate of drug-likeness (QED) is 0.118. The number of amides is 1. The summed E-state index contributed by atoms with van der Waals surface area (Å²) < 4.78 is 10.4. The van der Waals surface area contributed by atoms with Crippen LogP contribution >= 0.6 is 0 Å². The highest BCUT2D eigenvalue weighted by Crippen LogP contribution is 2.24. The summed E-state index contributed by atoms with van der Waals surface area (Å²) in [6.07, 6.45) is -12.2. The van der Waals surface area contributed by atoms with Crippen LogP contribution in [0.3, 0.4) is 0 Å². The number of carbonyl (C=O) groups is 1. The van der Waals surface area contributed by atoms with Crippen molar-refractivity contribution < 1.29 is 55.1 Å². The van der Waals surface area contributed by atoms with E-state index in [1.54, 1.807) is 0 Å². The molecule has 0 spiro atoms. The molecule has 1 fully saturated rings. The Morgan fingerprint density at radius 1 is 1.16 bits per heavy atom. The molecule has 1 aliphatic rings. The second kappa shape index (κ2) is 12.2. The van der Waals surface area contributed by atoms with Gasteiger partial charge in [0.05, 0.1) is 19.4 Å². The Bertz CT molecular complexity index is 738. The Balaban J connectivity index is 2.05. The van der Waals surface area contributed by atoms with Gasteiger partial charge in [0.1, 0.15) is 48.8 Å². The van der Waals surface area contributed by atoms with E-state index in [1.807, 2.05) is 0 Å². The zero-order valence-corrected chi connectivity index (χ0v) is 16.7. The SMILES string of the molecule is O=C(N/N=C/C(O)C(O)C(OC1OC(CO)C(O)C(O)C1O)C(O)CO)c1ccncc1. The third kappa shape index (κ3) is 6.46. The average Bonchev–Trinajstić information content (AvgIpc) is 2.81. The molecule has 32 heavy (non-hydrogen) atoms. The molecule has 2 rings (SSSR count). The van der Waals surface area contributed by atoms with Gasteiger partial charge in [-0.3, -0.25) is 9.78 Å². The third-order valence-corrected chi connectivity index (χ3v) is 4.73. The Labute approximate surface area is 182 Å². The highest BCUT2D eigenvalue weighted by Gasteiger charge is 2.46. The normalized spacial score (nSPS) is 29.9. The molecule has 1 aliphatic heterocycles. The van der Waals surface area contributed by atoms with Crippen LogP contribution in [-0.4, -0.2) is 126 Å². The standard InChI is InChI=1S/C18H27N3O11/c22-6-10(25)16(32-18-15(29)14(28)13(27)11(7-23)31-18)12(26)9(24)5-20-21-17(30)8-1-3-19-4-2-8/h1-5,9-16,18,22-29H,6-7H2,(H,21,30)/b20-5+. The number of aliphatic hydroxyl groups is 8. The monoisotopic (exact) mass is 461 g/mol. The molecule has 1 aromatic heterocycles. The summed E-state index contributed by atoms with van der Waals surface area (Å²) in [4.78, 5) is 15.7. The molecule has 1 aromatic rings. The minimum atomic E-state index is -1.95. The van der Waals surface area contributed by atoms with Gasteiger partial charge in [0.15, 0.2) is 6.29 Å². The van der Waals surface area contributed by atoms with Crippen LogP contribution in [0.4, 0.5) is 0 Å². The lowest BCUT2D eigenvalue weighted by Gasteiger charge is -2.42. The lowest BCUT2D eigenvalue weighted by atomic mass is 9.98. The molecule has 0 aliphatic carbocycles. The van der Waals surface area contributed by atoms with Crippen LogP contribution in [0, 0.1) is 0 Å². The summed E-state index contributed by atoms with van der Waals surface area (Å²) in [5.41, 5.74) is 2.33. The minimum Gasteiger partial charge on any atom is -0.394 e. The predicted octanol–water partition coefficient (Wildman–Crippen LogP) is -4.94. The molecule has 2 heterocycles. The summed E-state index contributed by atoms with van der Waals surface area (Å²) >= 11 is 0. The topological polar surface area (TPSA) is 235 Å². The summed E-state index contributed by atoms with van der Waals surface area (Å²) in [7, 11) is 0. The lowest BCUT2D eigenvalue weighted by Crippen LogP contribution is -2.61. The van der Waals surface area contributed by atoms with E-state index in [-0.39, 0.29) is 5.56 Å². The number of aromatic nitrogens is 1. The number of rotatable bonds is 10. The minimum absolute atomic E-state index is 0.228. The molecule has 9 unspecified atom stereocenters. The van der Waals surface area contributed by atoms with Crippen LogP contribution in [0.2, 0.25) is 0 Å². The van der Waals surface area contributed by atoms with Crippen LogP contribution in [0.5, 0.6) is 0 Å². The number of ether oxygens (including phenoxy) is 2. The van der Waals surface area contributed by atoms with Crippen molar-refractivity contribution in [3.05, 3.63) is 30.1 Å². The van der Waals surface area contributed by atoms with Gasteiger partial charge in [-0.2, -0.15) is 5.10 Å². The third-order valence-electron chi connectivity index (χ3n) is 4.73. The van der Waals surface area contributed by atoms with Crippen molar-refractivity contribution in [3.63, 3.8) is 0 Å². The van der Waals surface area contributed by atoms with Crippen molar-refractivity contribution in [3.8, 4) is 0 Å². The van der Waals surface area contributed by atoms with Crippen molar-refractivity contribution in [1.82, 2.24) is 10.4 Å². The Kier molecular flexibility index (Phi) is 9.98. The van der Waals surface area contributed by atoms with E-state index in [9.17, 15) is 45.6 Å². The molecule has 9 atom stereocenters. The molecular weight excluding hydrogens is 434 g/mol. The second-order valence-corrected chi connectivity index (χ2v) is 6.98. The zero-order valence-electron chi connectivity index (χ0n) is 16.7. The first-order valence-electron chi connectivity index (χ1n) is 9.55. The highest BCUT2D eigenvalue weighted by atomic mass is 16.7. The maximum Gasteiger partial charge on any atom is 0.271 e. The van der Waals surface area contributed by atoms with Gasteiger partial charge < -0.3 is 50.3 Å². The number of pyridine rings is 1. The highest BCUT2D eigenvalue weighted by molar-refractivity contribution is 5.94. The van der Waals surface area contributed by atoms with Gasteiger partial charge in [-0.05, 0) is 12.1 Å². The summed E-state index contributed by atoms with van der Waals surface area (Å²) in [5.74, 6) is -0.630. The predicted molar refractivity (Wildman–Crippen MR) is 104 cm³/mol. The van der Waals surface area contributed by atoms with Crippen LogP contribution < -0.4 is 5.43 Å². The molecule has 14 heteroatoms. The number of hydrogen-bond acceptors (Lipinski definition) is 13. The smallest absolute Gasteiger partial charge is 0.271 e. The van der Waals surface area contributed by atoms with Gasteiger partial charge in [-0.25, -0.2) is 5.43 Å². The van der Waals surface area contributed by atoms with Crippen molar-refractivity contribution in [1.29, 1.82) is 0 Å². The number of nitrogens with one attached hydrogen (secondary N) is 1. The molecule has 1 saturated heterocycles. The molecule has 1 amide bonds. The van der Waals surface area contributed by atoms with Gasteiger partial charge in [0.2, 0.25) is 0 Å². The van der Waals surface area contributed by atoms with Crippen LogP contribution in [0.15, 0.2) is 29.6 Å². The van der Waals surface area contributed by atoms with Crippen LogP contribution in [-0.2, 0) is 9.47 Å². The van der Waals surface area contributed by atoms with Crippen molar-refractivity contribution in [2.24, 2.45) is 5.10 Å². The van der Waals surface area contributed by atoms with E-state index in [2.05, 4.69) is 15.5 Å². The number of carbonyl (C=O) groups excluding carboxylic acids is 1. The fourth-order valence-corrected chi connectivity index (χ4v) is 2.86. The molecule has 9 N–H and O–H groups in total. The first-order valence-corrected chi connectivity index (χ1v) is 9.55. The molecule has 180 valence electrons. The van der Waals surface area contributed by atoms with Gasteiger partial charge in [-0.15, -0.1) is 0 Å². The Morgan fingerprint density at radius 3 is 2.41 bits per heavy atom. The summed E-state index contributed by atoms with van der Waals surface area (Å²) in [6, 6.07) is 2.83. The molecule has 0 radical (unpaired) electrons. The fourth-order valence-electron chi connectivity index (χ4n) is 2.86. The van der Waals surface area contributed by atoms with Crippen molar-refractivity contribution in [2.75, 3.05) is 13.2 Å². The van der Waals surface area contributed by atoms with Gasteiger partial charge in [0.25, 0.3) is 5.91 Å². The van der Waals surface area contributed by atoms with E-state index < -0.39 is 74.2 Å². The van der Waals surface area contributed by atoms with Gasteiger partial charge in [-0.1, -0.05) is 0 Å². The van der Waals surface area contributed by atoms with E-state index in [4.69, 9.17) is 9.47 Å². The van der Waals surface area contributed by atoms with Gasteiger partial charge >= 0.3 is 0 Å². The zero-order chi connectivity index (χ0) is 23.8. The number of nitrogens with zero attached hydrogens (tertiary/aromatic N) is 2. The Morgan fingerprint density at radius 2 is 1.81 bits per heavy atom. The first-order chi connectivity index (χ1) is 15.2. The largest absolute Gasteiger partial charge is 0.394 e. The lowest BCUT2D eigenvalue weighted by molar-refractivity contribution is -0.326. The van der Waals surface area contributed by atoms with Crippen LogP contribution in [0.1, 0.15) is 10.4 Å². The maximum absolute atomic E-state index is 11.9. The molecule has 0 aromatic carbocycles. The van der Waals surface area contributed by atoms with E-state index in [0.717, 1.165) is 6.21 Å². The number of hydrazone groups is 1. The van der Waals surface area contributed by atoms with E-state index in [1.165, 1.54) is 24.5 Å². The van der Waals surface area contributed by atoms with Gasteiger partial charge in [0, 0.05) is 18.0 Å². The Hall–Kier alpha value is -2.11. The first kappa shape index (κ1) is 26.1. The van der Waals surface area contributed by atoms with Crippen LogP contribution in [0.25, 0.3) is 0 Å². The summed E-state index contributed by atoms with van der Waals surface area (Å²) in [5, 5.41) is 82.1. The molecule has 0 saturated carbocycles. The van der Waals surface area contributed by atoms with E-state index >= 15 is 0 Å². The average molecular weight is 461 g/mol. The maximum atomic E-state index is 11.9. The number of aliphatic hydroxyl groups excluding tert-OH is 8. The summed E-state index contributed by atoms with van der Waals surface area (Å²) in [6.45, 7) is -1.67. The molecule has 14 nitrogen and oxygen atoms in total. The molecular formula is C18H27N3O11. The van der Waals surface area contributed by atoms with E-state index in [0.29, 0.717) is 0 Å². The number of hydrogen-bond donors (Lipinski definition) is 9. The molecule has 0 bridgehead atoms.